The zero-order valence-corrected chi connectivity index (χ0v) is 8.80. The molecule has 3 nitrogen and oxygen atoms in total. The lowest BCUT2D eigenvalue weighted by molar-refractivity contribution is -0.114. The molecule has 13 heavy (non-hydrogen) atoms. The van der Waals surface area contributed by atoms with Crippen molar-refractivity contribution in [1.82, 2.24) is 0 Å². The van der Waals surface area contributed by atoms with E-state index in [1.165, 1.54) is 6.92 Å². The Morgan fingerprint density at radius 1 is 1.46 bits per heavy atom. The Morgan fingerprint density at radius 2 is 2.08 bits per heavy atom. The predicted molar refractivity (Wildman–Crippen MR) is 55.2 cm³/mol. The minimum absolute atomic E-state index is 0.0749. The molecule has 0 aliphatic carbocycles. The summed E-state index contributed by atoms with van der Waals surface area (Å²) in [7, 11) is 0. The van der Waals surface area contributed by atoms with Gasteiger partial charge in [-0.1, -0.05) is 0 Å². The summed E-state index contributed by atoms with van der Waals surface area (Å²) >= 11 is 3.15. The van der Waals surface area contributed by atoms with E-state index in [9.17, 15) is 4.79 Å². The summed E-state index contributed by atoms with van der Waals surface area (Å²) in [4.78, 5) is 10.7. The maximum absolute atomic E-state index is 10.7. The number of halogens is 1. The van der Waals surface area contributed by atoms with Crippen LogP contribution < -0.4 is 10.1 Å². The van der Waals surface area contributed by atoms with Crippen LogP contribution in [-0.2, 0) is 4.79 Å². The number of hydrogen-bond acceptors (Lipinski definition) is 2. The molecule has 0 aliphatic heterocycles. The van der Waals surface area contributed by atoms with E-state index in [-0.39, 0.29) is 5.91 Å². The molecule has 4 heteroatoms. The van der Waals surface area contributed by atoms with Gasteiger partial charge >= 0.3 is 0 Å². The van der Waals surface area contributed by atoms with Crippen molar-refractivity contribution in [1.29, 1.82) is 0 Å². The molecular formula is C9H10BrNO2. The molecule has 0 saturated carbocycles. The van der Waals surface area contributed by atoms with Crippen LogP contribution in [-0.4, -0.2) is 11.4 Å². The van der Waals surface area contributed by atoms with E-state index in [0.29, 0.717) is 5.52 Å². The standard InChI is InChI=1S/C9H10BrNO2/c1-7(12)11-8-2-4-9(5-3-8)13-6-10/h2-5H,6H2,1H3,(H,11,12). The summed E-state index contributed by atoms with van der Waals surface area (Å²) in [5.41, 5.74) is 1.24. The highest BCUT2D eigenvalue weighted by Gasteiger charge is 1.95. The van der Waals surface area contributed by atoms with E-state index in [2.05, 4.69) is 21.2 Å². The molecule has 0 fully saturated rings. The van der Waals surface area contributed by atoms with Gasteiger partial charge in [0.2, 0.25) is 5.91 Å². The molecule has 70 valence electrons. The number of alkyl halides is 1. The molecule has 0 bridgehead atoms. The number of anilines is 1. The summed E-state index contributed by atoms with van der Waals surface area (Å²) < 4.78 is 5.17. The van der Waals surface area contributed by atoms with Crippen LogP contribution in [0.4, 0.5) is 5.69 Å². The maximum Gasteiger partial charge on any atom is 0.221 e. The minimum Gasteiger partial charge on any atom is -0.482 e. The molecule has 1 aromatic carbocycles. The molecule has 0 unspecified atom stereocenters. The number of amides is 1. The van der Waals surface area contributed by atoms with Gasteiger partial charge in [-0.3, -0.25) is 4.79 Å². The molecule has 0 atom stereocenters. The van der Waals surface area contributed by atoms with Crippen LogP contribution in [0.1, 0.15) is 6.92 Å². The summed E-state index contributed by atoms with van der Waals surface area (Å²) in [5, 5.41) is 2.67. The maximum atomic E-state index is 10.7. The van der Waals surface area contributed by atoms with Crippen LogP contribution in [0.15, 0.2) is 24.3 Å². The fourth-order valence-electron chi connectivity index (χ4n) is 0.901. The van der Waals surface area contributed by atoms with Crippen LogP contribution >= 0.6 is 15.9 Å². The van der Waals surface area contributed by atoms with Crippen LogP contribution in [0.25, 0.3) is 0 Å². The average Bonchev–Trinajstić information content (AvgIpc) is 2.08. The minimum atomic E-state index is -0.0749. The highest BCUT2D eigenvalue weighted by Crippen LogP contribution is 2.15. The van der Waals surface area contributed by atoms with Gasteiger partial charge in [-0.15, -0.1) is 0 Å². The molecule has 0 aromatic heterocycles. The van der Waals surface area contributed by atoms with Gasteiger partial charge in [0.25, 0.3) is 0 Å². The summed E-state index contributed by atoms with van der Waals surface area (Å²) in [6, 6.07) is 7.18. The third-order valence-electron chi connectivity index (χ3n) is 1.40. The quantitative estimate of drug-likeness (QED) is 0.829. The van der Waals surface area contributed by atoms with Crippen molar-refractivity contribution in [2.24, 2.45) is 0 Å². The van der Waals surface area contributed by atoms with E-state index in [0.717, 1.165) is 11.4 Å². The molecule has 0 heterocycles. The van der Waals surface area contributed by atoms with Crippen molar-refractivity contribution in [3.8, 4) is 5.75 Å². The molecule has 0 spiro atoms. The van der Waals surface area contributed by atoms with Gasteiger partial charge in [0.1, 0.15) is 11.3 Å². The van der Waals surface area contributed by atoms with E-state index in [1.807, 2.05) is 0 Å². The number of ether oxygens (including phenoxy) is 1. The highest BCUT2D eigenvalue weighted by molar-refractivity contribution is 9.09. The Bertz CT molecular complexity index is 284. The summed E-state index contributed by atoms with van der Waals surface area (Å²) in [6.45, 7) is 1.48. The second-order valence-electron chi connectivity index (χ2n) is 2.46. The molecule has 0 radical (unpaired) electrons. The van der Waals surface area contributed by atoms with E-state index >= 15 is 0 Å². The third-order valence-corrected chi connectivity index (χ3v) is 1.62. The van der Waals surface area contributed by atoms with Crippen molar-refractivity contribution >= 4 is 27.5 Å². The topological polar surface area (TPSA) is 38.3 Å². The smallest absolute Gasteiger partial charge is 0.221 e. The molecule has 1 amide bonds. The number of benzene rings is 1. The van der Waals surface area contributed by atoms with Crippen molar-refractivity contribution in [2.75, 3.05) is 10.8 Å². The van der Waals surface area contributed by atoms with Gasteiger partial charge in [-0.05, 0) is 40.2 Å². The van der Waals surface area contributed by atoms with Crippen LogP contribution in [0.2, 0.25) is 0 Å². The Labute approximate surface area is 85.2 Å². The first-order valence-electron chi connectivity index (χ1n) is 3.79. The SMILES string of the molecule is CC(=O)Nc1ccc(OCBr)cc1. The Hall–Kier alpha value is -1.03. The first-order valence-corrected chi connectivity index (χ1v) is 4.91. The zero-order valence-electron chi connectivity index (χ0n) is 7.21. The monoisotopic (exact) mass is 243 g/mol. The van der Waals surface area contributed by atoms with E-state index < -0.39 is 0 Å². The molecular weight excluding hydrogens is 234 g/mol. The van der Waals surface area contributed by atoms with Crippen molar-refractivity contribution < 1.29 is 9.53 Å². The second-order valence-corrected chi connectivity index (χ2v) is 2.92. The predicted octanol–water partition coefficient (Wildman–Crippen LogP) is 2.38. The normalized spacial score (nSPS) is 9.38. The summed E-state index contributed by atoms with van der Waals surface area (Å²) in [6.07, 6.45) is 0. The van der Waals surface area contributed by atoms with Crippen LogP contribution in [0.5, 0.6) is 5.75 Å². The molecule has 0 aliphatic rings. The van der Waals surface area contributed by atoms with Gasteiger partial charge < -0.3 is 10.1 Å². The number of carbonyl (C=O) groups is 1. The second kappa shape index (κ2) is 4.87. The molecule has 1 rings (SSSR count). The number of rotatable bonds is 3. The molecule has 0 saturated heterocycles. The lowest BCUT2D eigenvalue weighted by atomic mass is 10.3. The first kappa shape index (κ1) is 10.1. The zero-order chi connectivity index (χ0) is 9.68. The van der Waals surface area contributed by atoms with Crippen molar-refractivity contribution in [3.05, 3.63) is 24.3 Å². The number of hydrogen-bond donors (Lipinski definition) is 1. The lowest BCUT2D eigenvalue weighted by Crippen LogP contribution is -2.05. The van der Waals surface area contributed by atoms with Crippen LogP contribution in [0, 0.1) is 0 Å². The summed E-state index contributed by atoms with van der Waals surface area (Å²) in [5.74, 6) is 0.695. The van der Waals surface area contributed by atoms with Crippen molar-refractivity contribution in [2.45, 2.75) is 6.92 Å². The first-order chi connectivity index (χ1) is 6.22. The van der Waals surface area contributed by atoms with E-state index in [1.54, 1.807) is 24.3 Å². The Morgan fingerprint density at radius 3 is 2.54 bits per heavy atom. The largest absolute Gasteiger partial charge is 0.482 e. The lowest BCUT2D eigenvalue weighted by Gasteiger charge is -2.04. The number of carbonyl (C=O) groups excluding carboxylic acids is 1. The van der Waals surface area contributed by atoms with E-state index in [4.69, 9.17) is 4.74 Å². The van der Waals surface area contributed by atoms with Gasteiger partial charge in [-0.25, -0.2) is 0 Å². The number of nitrogens with one attached hydrogen (secondary N) is 1. The Kier molecular flexibility index (Phi) is 3.76. The fourth-order valence-corrected chi connectivity index (χ4v) is 1.17. The third kappa shape index (κ3) is 3.46. The van der Waals surface area contributed by atoms with Gasteiger partial charge in [-0.2, -0.15) is 0 Å². The van der Waals surface area contributed by atoms with Gasteiger partial charge in [0.05, 0.1) is 0 Å². The Balaban J connectivity index is 2.64. The van der Waals surface area contributed by atoms with Gasteiger partial charge in [0.15, 0.2) is 0 Å². The highest BCUT2D eigenvalue weighted by atomic mass is 79.9. The fraction of sp³-hybridized carbons (Fsp3) is 0.222. The van der Waals surface area contributed by atoms with Gasteiger partial charge in [0, 0.05) is 12.6 Å². The molecule has 1 N–H and O–H groups in total. The molecule has 1 aromatic rings. The van der Waals surface area contributed by atoms with Crippen LogP contribution in [0.3, 0.4) is 0 Å². The average molecular weight is 244 g/mol. The van der Waals surface area contributed by atoms with Crippen molar-refractivity contribution in [3.63, 3.8) is 0 Å².